The van der Waals surface area contributed by atoms with Crippen LogP contribution < -0.4 is 14.4 Å². The zero-order valence-electron chi connectivity index (χ0n) is 19.3. The number of halogens is 1. The molecule has 0 atom stereocenters. The topological polar surface area (TPSA) is 75.7 Å². The second-order valence-corrected chi connectivity index (χ2v) is 10.4. The summed E-state index contributed by atoms with van der Waals surface area (Å²) in [5.74, 6) is 0.194. The molecule has 8 heteroatoms. The van der Waals surface area contributed by atoms with Gasteiger partial charge in [-0.05, 0) is 72.5 Å². The number of aryl methyl sites for hydroxylation is 1. The number of ether oxygens (including phenoxy) is 1. The maximum Gasteiger partial charge on any atom is 0.262 e. The van der Waals surface area contributed by atoms with Crippen molar-refractivity contribution in [2.75, 3.05) is 22.5 Å². The van der Waals surface area contributed by atoms with Gasteiger partial charge in [0.15, 0.2) is 6.61 Å². The lowest BCUT2D eigenvalue weighted by Crippen LogP contribution is -2.29. The molecule has 0 saturated carbocycles. The predicted octanol–water partition coefficient (Wildman–Crippen LogP) is 5.67. The highest BCUT2D eigenvalue weighted by atomic mass is 35.5. The Balaban J connectivity index is 1.57. The van der Waals surface area contributed by atoms with E-state index in [1.54, 1.807) is 48.5 Å². The first-order valence-corrected chi connectivity index (χ1v) is 13.3. The van der Waals surface area contributed by atoms with Crippen LogP contribution in [-0.4, -0.2) is 27.2 Å². The van der Waals surface area contributed by atoms with Crippen LogP contribution in [-0.2, 0) is 27.8 Å². The number of unbranched alkanes of at least 4 members (excludes halogenated alkanes) is 1. The van der Waals surface area contributed by atoms with E-state index in [9.17, 15) is 13.2 Å². The SMILES string of the molecule is CCCCc1ccc(NC(=O)COc2ccc(N(Cc3ccc(Cl)cc3)S(C)(=O)=O)cc2)cc1. The first-order chi connectivity index (χ1) is 16.2. The second-order valence-electron chi connectivity index (χ2n) is 8.03. The minimum absolute atomic E-state index is 0.155. The van der Waals surface area contributed by atoms with Crippen molar-refractivity contribution in [2.24, 2.45) is 0 Å². The highest BCUT2D eigenvalue weighted by Gasteiger charge is 2.18. The molecule has 0 aliphatic rings. The quantitative estimate of drug-likeness (QED) is 0.368. The Bertz CT molecular complexity index is 1180. The van der Waals surface area contributed by atoms with E-state index in [1.165, 1.54) is 9.87 Å². The number of sulfonamides is 1. The van der Waals surface area contributed by atoms with Gasteiger partial charge in [0.25, 0.3) is 5.91 Å². The number of benzene rings is 3. The van der Waals surface area contributed by atoms with Gasteiger partial charge in [-0.15, -0.1) is 0 Å². The first kappa shape index (κ1) is 25.6. The smallest absolute Gasteiger partial charge is 0.262 e. The first-order valence-electron chi connectivity index (χ1n) is 11.1. The molecule has 0 aromatic heterocycles. The number of hydrogen-bond acceptors (Lipinski definition) is 4. The average molecular weight is 501 g/mol. The Hall–Kier alpha value is -3.03. The van der Waals surface area contributed by atoms with Gasteiger partial charge in [-0.1, -0.05) is 49.2 Å². The van der Waals surface area contributed by atoms with Crippen molar-refractivity contribution < 1.29 is 17.9 Å². The number of hydrogen-bond donors (Lipinski definition) is 1. The summed E-state index contributed by atoms with van der Waals surface area (Å²) in [5.41, 5.74) is 3.27. The lowest BCUT2D eigenvalue weighted by atomic mass is 10.1. The summed E-state index contributed by atoms with van der Waals surface area (Å²) in [5, 5.41) is 3.40. The van der Waals surface area contributed by atoms with Crippen LogP contribution in [0.15, 0.2) is 72.8 Å². The fraction of sp³-hybridized carbons (Fsp3) is 0.269. The van der Waals surface area contributed by atoms with E-state index in [2.05, 4.69) is 12.2 Å². The molecule has 34 heavy (non-hydrogen) atoms. The molecule has 180 valence electrons. The number of rotatable bonds is 11. The van der Waals surface area contributed by atoms with Crippen molar-refractivity contribution in [3.05, 3.63) is 88.9 Å². The molecular weight excluding hydrogens is 472 g/mol. The molecule has 0 fully saturated rings. The van der Waals surface area contributed by atoms with E-state index in [4.69, 9.17) is 16.3 Å². The second kappa shape index (κ2) is 11.9. The van der Waals surface area contributed by atoms with Crippen LogP contribution in [0, 0.1) is 0 Å². The molecular formula is C26H29ClN2O4S. The van der Waals surface area contributed by atoms with Crippen LogP contribution in [0.2, 0.25) is 5.02 Å². The van der Waals surface area contributed by atoms with Gasteiger partial charge in [0.1, 0.15) is 5.75 Å². The molecule has 0 spiro atoms. The van der Waals surface area contributed by atoms with Crippen LogP contribution in [0.5, 0.6) is 5.75 Å². The molecule has 0 aliphatic heterocycles. The van der Waals surface area contributed by atoms with E-state index in [0.717, 1.165) is 36.8 Å². The monoisotopic (exact) mass is 500 g/mol. The highest BCUT2D eigenvalue weighted by Crippen LogP contribution is 2.24. The summed E-state index contributed by atoms with van der Waals surface area (Å²) in [6.45, 7) is 2.18. The fourth-order valence-corrected chi connectivity index (χ4v) is 4.36. The van der Waals surface area contributed by atoms with Crippen LogP contribution in [0.25, 0.3) is 0 Å². The van der Waals surface area contributed by atoms with E-state index in [1.807, 2.05) is 24.3 Å². The molecule has 0 heterocycles. The standard InChI is InChI=1S/C26H29ClN2O4S/c1-3-4-5-20-8-12-23(13-9-20)28-26(30)19-33-25-16-14-24(15-17-25)29(34(2,31)32)18-21-6-10-22(27)11-7-21/h6-17H,3-5,18-19H2,1-2H3,(H,28,30). The van der Waals surface area contributed by atoms with Crippen LogP contribution in [0.1, 0.15) is 30.9 Å². The van der Waals surface area contributed by atoms with E-state index < -0.39 is 10.0 Å². The number of anilines is 2. The molecule has 1 N–H and O–H groups in total. The molecule has 0 radical (unpaired) electrons. The lowest BCUT2D eigenvalue weighted by Gasteiger charge is -2.23. The average Bonchev–Trinajstić information content (AvgIpc) is 2.81. The number of nitrogens with one attached hydrogen (secondary N) is 1. The zero-order valence-corrected chi connectivity index (χ0v) is 20.9. The van der Waals surface area contributed by atoms with Gasteiger partial charge in [0.05, 0.1) is 18.5 Å². The van der Waals surface area contributed by atoms with Crippen molar-refractivity contribution in [1.29, 1.82) is 0 Å². The van der Waals surface area contributed by atoms with Crippen LogP contribution in [0.4, 0.5) is 11.4 Å². The number of carbonyl (C=O) groups is 1. The summed E-state index contributed by atoms with van der Waals surface area (Å²) >= 11 is 5.92. The van der Waals surface area contributed by atoms with Crippen molar-refractivity contribution in [2.45, 2.75) is 32.7 Å². The Labute approximate surface area is 206 Å². The third-order valence-corrected chi connectivity index (χ3v) is 6.58. The maximum absolute atomic E-state index is 12.4. The third-order valence-electron chi connectivity index (χ3n) is 5.19. The van der Waals surface area contributed by atoms with Gasteiger partial charge in [0, 0.05) is 10.7 Å². The lowest BCUT2D eigenvalue weighted by molar-refractivity contribution is -0.118. The van der Waals surface area contributed by atoms with E-state index >= 15 is 0 Å². The highest BCUT2D eigenvalue weighted by molar-refractivity contribution is 7.92. The molecule has 0 bridgehead atoms. The molecule has 0 saturated heterocycles. The van der Waals surface area contributed by atoms with Crippen LogP contribution in [0.3, 0.4) is 0 Å². The maximum atomic E-state index is 12.4. The molecule has 6 nitrogen and oxygen atoms in total. The zero-order chi connectivity index (χ0) is 24.6. The molecule has 0 unspecified atom stereocenters. The van der Waals surface area contributed by atoms with Gasteiger partial charge in [-0.2, -0.15) is 0 Å². The van der Waals surface area contributed by atoms with Gasteiger partial charge in [-0.25, -0.2) is 8.42 Å². The van der Waals surface area contributed by atoms with Crippen molar-refractivity contribution in [3.8, 4) is 5.75 Å². The van der Waals surface area contributed by atoms with Crippen molar-refractivity contribution in [1.82, 2.24) is 0 Å². The number of amides is 1. The summed E-state index contributed by atoms with van der Waals surface area (Å²) < 4.78 is 31.6. The Morgan fingerprint density at radius 1 is 0.941 bits per heavy atom. The van der Waals surface area contributed by atoms with E-state index in [-0.39, 0.29) is 19.1 Å². The van der Waals surface area contributed by atoms with Gasteiger partial charge in [0.2, 0.25) is 10.0 Å². The number of carbonyl (C=O) groups excluding carboxylic acids is 1. The number of nitrogens with zero attached hydrogens (tertiary/aromatic N) is 1. The Morgan fingerprint density at radius 2 is 1.56 bits per heavy atom. The fourth-order valence-electron chi connectivity index (χ4n) is 3.35. The summed E-state index contributed by atoms with van der Waals surface area (Å²) in [7, 11) is -3.51. The summed E-state index contributed by atoms with van der Waals surface area (Å²) in [6, 6.07) is 21.4. The normalized spacial score (nSPS) is 11.1. The predicted molar refractivity (Wildman–Crippen MR) is 138 cm³/mol. The van der Waals surface area contributed by atoms with E-state index in [0.29, 0.717) is 16.5 Å². The summed E-state index contributed by atoms with van der Waals surface area (Å²) in [6.07, 6.45) is 4.47. The summed E-state index contributed by atoms with van der Waals surface area (Å²) in [4.78, 5) is 12.2. The van der Waals surface area contributed by atoms with Crippen LogP contribution >= 0.6 is 11.6 Å². The van der Waals surface area contributed by atoms with Gasteiger partial charge < -0.3 is 10.1 Å². The minimum atomic E-state index is -3.51. The van der Waals surface area contributed by atoms with Crippen molar-refractivity contribution >= 4 is 38.9 Å². The molecule has 3 aromatic carbocycles. The Morgan fingerprint density at radius 3 is 2.15 bits per heavy atom. The molecule has 3 aromatic rings. The molecule has 0 aliphatic carbocycles. The van der Waals surface area contributed by atoms with Gasteiger partial charge in [-0.3, -0.25) is 9.10 Å². The van der Waals surface area contributed by atoms with Crippen molar-refractivity contribution in [3.63, 3.8) is 0 Å². The minimum Gasteiger partial charge on any atom is -0.484 e. The largest absolute Gasteiger partial charge is 0.484 e. The molecule has 1 amide bonds. The third kappa shape index (κ3) is 7.78. The molecule has 3 rings (SSSR count). The Kier molecular flexibility index (Phi) is 8.96. The van der Waals surface area contributed by atoms with Gasteiger partial charge >= 0.3 is 0 Å².